The van der Waals surface area contributed by atoms with E-state index in [1.54, 1.807) is 12.1 Å². The minimum absolute atomic E-state index is 0. The summed E-state index contributed by atoms with van der Waals surface area (Å²) in [6.45, 7) is 3.78. The number of rotatable bonds is 8. The predicted octanol–water partition coefficient (Wildman–Crippen LogP) is 3.63. The second kappa shape index (κ2) is 12.1. The van der Waals surface area contributed by atoms with Crippen LogP contribution in [-0.4, -0.2) is 33.7 Å². The van der Waals surface area contributed by atoms with E-state index in [2.05, 4.69) is 20.3 Å². The Balaban J connectivity index is 0.00000392. The quantitative estimate of drug-likeness (QED) is 0.273. The van der Waals surface area contributed by atoms with Gasteiger partial charge >= 0.3 is 0 Å². The van der Waals surface area contributed by atoms with Crippen molar-refractivity contribution >= 4 is 57.2 Å². The van der Waals surface area contributed by atoms with Crippen LogP contribution in [-0.2, 0) is 23.0 Å². The Morgan fingerprint density at radius 3 is 2.54 bits per heavy atom. The van der Waals surface area contributed by atoms with Crippen LogP contribution < -0.4 is 15.4 Å². The maximum Gasteiger partial charge on any atom is 0.229 e. The van der Waals surface area contributed by atoms with Gasteiger partial charge in [0.25, 0.3) is 0 Å². The lowest BCUT2D eigenvalue weighted by Crippen LogP contribution is -2.38. The summed E-state index contributed by atoms with van der Waals surface area (Å²) < 4.78 is 25.6. The van der Waals surface area contributed by atoms with Crippen molar-refractivity contribution in [2.45, 2.75) is 19.9 Å². The third kappa shape index (κ3) is 9.11. The molecule has 3 N–H and O–H groups in total. The van der Waals surface area contributed by atoms with Crippen LogP contribution in [0.4, 0.5) is 5.69 Å². The van der Waals surface area contributed by atoms with Gasteiger partial charge in [-0.15, -0.1) is 24.0 Å². The van der Waals surface area contributed by atoms with Crippen molar-refractivity contribution in [3.05, 3.63) is 64.7 Å². The van der Waals surface area contributed by atoms with E-state index in [0.29, 0.717) is 24.7 Å². The third-order valence-corrected chi connectivity index (χ3v) is 4.49. The Hall–Kier alpha value is -1.52. The fraction of sp³-hybridized carbons (Fsp3) is 0.316. The minimum atomic E-state index is -3.34. The molecule has 0 atom stereocenters. The van der Waals surface area contributed by atoms with E-state index in [1.807, 2.05) is 43.3 Å². The number of nitrogens with zero attached hydrogens (tertiary/aromatic N) is 1. The number of sulfonamides is 1. The fourth-order valence-corrected chi connectivity index (χ4v) is 3.29. The second-order valence-corrected chi connectivity index (χ2v) is 8.22. The Kier molecular flexibility index (Phi) is 10.6. The van der Waals surface area contributed by atoms with Crippen molar-refractivity contribution in [2.24, 2.45) is 4.99 Å². The lowest BCUT2D eigenvalue weighted by molar-refractivity contribution is 0.606. The maximum absolute atomic E-state index is 11.5. The van der Waals surface area contributed by atoms with Crippen LogP contribution in [0.5, 0.6) is 0 Å². The molecule has 0 spiro atoms. The number of halogens is 2. The summed E-state index contributed by atoms with van der Waals surface area (Å²) in [5.74, 6) is 0.675. The monoisotopic (exact) mass is 536 g/mol. The Labute approximate surface area is 189 Å². The first-order valence-corrected chi connectivity index (χ1v) is 11.0. The molecule has 0 heterocycles. The van der Waals surface area contributed by atoms with Crippen LogP contribution in [0.2, 0.25) is 5.02 Å². The van der Waals surface area contributed by atoms with E-state index in [0.717, 1.165) is 35.4 Å². The van der Waals surface area contributed by atoms with Crippen LogP contribution >= 0.6 is 35.6 Å². The van der Waals surface area contributed by atoms with Gasteiger partial charge in [-0.25, -0.2) is 13.4 Å². The molecule has 0 aliphatic carbocycles. The lowest BCUT2D eigenvalue weighted by Gasteiger charge is -2.13. The summed E-state index contributed by atoms with van der Waals surface area (Å²) in [4.78, 5) is 4.56. The second-order valence-electron chi connectivity index (χ2n) is 6.03. The van der Waals surface area contributed by atoms with Gasteiger partial charge in [0, 0.05) is 18.1 Å². The number of guanidine groups is 1. The first kappa shape index (κ1) is 24.5. The van der Waals surface area contributed by atoms with E-state index in [9.17, 15) is 8.42 Å². The molecule has 2 rings (SSSR count). The topological polar surface area (TPSA) is 82.6 Å². The van der Waals surface area contributed by atoms with Crippen molar-refractivity contribution in [2.75, 3.05) is 24.1 Å². The van der Waals surface area contributed by atoms with E-state index in [-0.39, 0.29) is 24.0 Å². The van der Waals surface area contributed by atoms with Gasteiger partial charge < -0.3 is 10.6 Å². The number of para-hydroxylation sites is 1. The number of hydrogen-bond acceptors (Lipinski definition) is 3. The molecule has 0 bridgehead atoms. The summed E-state index contributed by atoms with van der Waals surface area (Å²) in [5, 5.41) is 7.20. The molecule has 6 nitrogen and oxygen atoms in total. The number of hydrogen-bond donors (Lipinski definition) is 3. The zero-order valence-electron chi connectivity index (χ0n) is 15.9. The van der Waals surface area contributed by atoms with Crippen molar-refractivity contribution in [1.82, 2.24) is 10.6 Å². The summed E-state index contributed by atoms with van der Waals surface area (Å²) in [7, 11) is -3.34. The first-order valence-electron chi connectivity index (χ1n) is 8.69. The molecule has 2 aromatic carbocycles. The van der Waals surface area contributed by atoms with Crippen molar-refractivity contribution in [3.63, 3.8) is 0 Å². The largest absolute Gasteiger partial charge is 0.357 e. The standard InChI is InChI=1S/C19H25ClN4O2S.HI/c1-3-21-19(22-12-11-15-7-6-9-17(20)13-15)23-14-16-8-4-5-10-18(16)24-27(2,25)26;/h4-10,13,24H,3,11-12,14H2,1-2H3,(H2,21,22,23);1H. The minimum Gasteiger partial charge on any atom is -0.357 e. The molecule has 0 fully saturated rings. The number of nitrogens with one attached hydrogen (secondary N) is 3. The van der Waals surface area contributed by atoms with Crippen molar-refractivity contribution in [3.8, 4) is 0 Å². The molecule has 0 aromatic heterocycles. The zero-order chi connectivity index (χ0) is 19.7. The third-order valence-electron chi connectivity index (χ3n) is 3.66. The van der Waals surface area contributed by atoms with Gasteiger partial charge in [0.15, 0.2) is 5.96 Å². The Bertz CT molecular complexity index is 891. The highest BCUT2D eigenvalue weighted by molar-refractivity contribution is 14.0. The van der Waals surface area contributed by atoms with Gasteiger partial charge in [-0.3, -0.25) is 4.72 Å². The molecule has 0 saturated heterocycles. The van der Waals surface area contributed by atoms with E-state index in [4.69, 9.17) is 11.6 Å². The van der Waals surface area contributed by atoms with Gasteiger partial charge in [-0.05, 0) is 42.7 Å². The van der Waals surface area contributed by atoms with Crippen LogP contribution in [0, 0.1) is 0 Å². The summed E-state index contributed by atoms with van der Waals surface area (Å²) in [5.41, 5.74) is 2.49. The number of aliphatic imine (C=N–C) groups is 1. The normalized spacial score (nSPS) is 11.5. The molecular formula is C19H26ClIN4O2S. The van der Waals surface area contributed by atoms with Gasteiger partial charge in [0.05, 0.1) is 18.5 Å². The molecule has 0 saturated carbocycles. The van der Waals surface area contributed by atoms with Gasteiger partial charge in [0.1, 0.15) is 0 Å². The van der Waals surface area contributed by atoms with Gasteiger partial charge in [0.2, 0.25) is 10.0 Å². The Morgan fingerprint density at radius 1 is 1.11 bits per heavy atom. The molecule has 0 aliphatic heterocycles. The zero-order valence-corrected chi connectivity index (χ0v) is 19.8. The molecule has 154 valence electrons. The first-order chi connectivity index (χ1) is 12.9. The highest BCUT2D eigenvalue weighted by Gasteiger charge is 2.07. The summed E-state index contributed by atoms with van der Waals surface area (Å²) in [6.07, 6.45) is 1.95. The molecule has 2 aromatic rings. The molecule has 9 heteroatoms. The van der Waals surface area contributed by atoms with E-state index < -0.39 is 10.0 Å². The summed E-state index contributed by atoms with van der Waals surface area (Å²) >= 11 is 6.01. The van der Waals surface area contributed by atoms with Crippen LogP contribution in [0.1, 0.15) is 18.1 Å². The molecular weight excluding hydrogens is 511 g/mol. The lowest BCUT2D eigenvalue weighted by atomic mass is 10.1. The average Bonchev–Trinajstić information content (AvgIpc) is 2.59. The van der Waals surface area contributed by atoms with Crippen molar-refractivity contribution < 1.29 is 8.42 Å². The molecule has 0 aliphatic rings. The van der Waals surface area contributed by atoms with E-state index >= 15 is 0 Å². The number of anilines is 1. The summed E-state index contributed by atoms with van der Waals surface area (Å²) in [6, 6.07) is 15.0. The fourth-order valence-electron chi connectivity index (χ4n) is 2.48. The van der Waals surface area contributed by atoms with Crippen LogP contribution in [0.25, 0.3) is 0 Å². The van der Waals surface area contributed by atoms with E-state index in [1.165, 1.54) is 0 Å². The SMILES string of the molecule is CCNC(=NCc1ccccc1NS(C)(=O)=O)NCCc1cccc(Cl)c1.I. The molecule has 0 unspecified atom stereocenters. The predicted molar refractivity (Wildman–Crippen MR) is 128 cm³/mol. The molecule has 28 heavy (non-hydrogen) atoms. The highest BCUT2D eigenvalue weighted by Crippen LogP contribution is 2.17. The average molecular weight is 537 g/mol. The van der Waals surface area contributed by atoms with Crippen LogP contribution in [0.15, 0.2) is 53.5 Å². The van der Waals surface area contributed by atoms with Gasteiger partial charge in [-0.1, -0.05) is 41.9 Å². The van der Waals surface area contributed by atoms with Crippen molar-refractivity contribution in [1.29, 1.82) is 0 Å². The number of benzene rings is 2. The van der Waals surface area contributed by atoms with Gasteiger partial charge in [-0.2, -0.15) is 0 Å². The van der Waals surface area contributed by atoms with Crippen LogP contribution in [0.3, 0.4) is 0 Å². The molecule has 0 radical (unpaired) electrons. The molecule has 0 amide bonds. The maximum atomic E-state index is 11.5. The highest BCUT2D eigenvalue weighted by atomic mass is 127. The smallest absolute Gasteiger partial charge is 0.229 e. The Morgan fingerprint density at radius 2 is 1.86 bits per heavy atom.